The molecule has 1 N–H and O–H groups in total. The molecule has 0 amide bonds. The molecule has 0 aromatic carbocycles. The summed E-state index contributed by atoms with van der Waals surface area (Å²) in [5.74, 6) is 0.705. The van der Waals surface area contributed by atoms with Crippen molar-refractivity contribution in [3.05, 3.63) is 21.9 Å². The molecule has 0 saturated carbocycles. The van der Waals surface area contributed by atoms with E-state index in [4.69, 9.17) is 0 Å². The van der Waals surface area contributed by atoms with Crippen molar-refractivity contribution < 1.29 is 0 Å². The van der Waals surface area contributed by atoms with E-state index in [1.54, 1.807) is 0 Å². The van der Waals surface area contributed by atoms with Crippen LogP contribution >= 0.6 is 23.1 Å². The van der Waals surface area contributed by atoms with Crippen molar-refractivity contribution in [1.29, 1.82) is 0 Å². The van der Waals surface area contributed by atoms with Crippen molar-refractivity contribution in [3.63, 3.8) is 0 Å². The minimum Gasteiger partial charge on any atom is -0.360 e. The number of nitrogens with one attached hydrogen (secondary N) is 1. The Bertz CT molecular complexity index is 396. The molecule has 94 valence electrons. The molecule has 2 heterocycles. The Morgan fingerprint density at radius 3 is 3.00 bits per heavy atom. The highest BCUT2D eigenvalue weighted by atomic mass is 32.2. The van der Waals surface area contributed by atoms with Gasteiger partial charge in [-0.3, -0.25) is 4.99 Å². The summed E-state index contributed by atoms with van der Waals surface area (Å²) in [5.41, 5.74) is 1.46. The third-order valence-corrected chi connectivity index (χ3v) is 5.50. The van der Waals surface area contributed by atoms with Crippen molar-refractivity contribution in [3.8, 4) is 0 Å². The first-order chi connectivity index (χ1) is 8.20. The van der Waals surface area contributed by atoms with Crippen LogP contribution < -0.4 is 5.32 Å². The smallest absolute Gasteiger partial charge is 0.157 e. The molecule has 0 spiro atoms. The lowest BCUT2D eigenvalue weighted by Gasteiger charge is -2.12. The first-order valence-corrected chi connectivity index (χ1v) is 7.96. The fourth-order valence-corrected chi connectivity index (χ4v) is 3.76. The molecule has 1 unspecified atom stereocenters. The van der Waals surface area contributed by atoms with Gasteiger partial charge in [0.25, 0.3) is 0 Å². The van der Waals surface area contributed by atoms with Crippen LogP contribution in [0.3, 0.4) is 0 Å². The molecule has 0 aliphatic carbocycles. The van der Waals surface area contributed by atoms with E-state index in [2.05, 4.69) is 42.5 Å². The van der Waals surface area contributed by atoms with Gasteiger partial charge in [-0.05, 0) is 29.3 Å². The molecule has 4 heteroatoms. The molecule has 0 saturated heterocycles. The second-order valence-corrected chi connectivity index (χ2v) is 6.85. The van der Waals surface area contributed by atoms with E-state index < -0.39 is 0 Å². The summed E-state index contributed by atoms with van der Waals surface area (Å²) in [5, 5.41) is 7.43. The van der Waals surface area contributed by atoms with Crippen molar-refractivity contribution in [2.75, 3.05) is 6.54 Å². The molecule has 1 aromatic rings. The molecular weight excluding hydrogens is 248 g/mol. The number of thioether (sulfide) groups is 1. The summed E-state index contributed by atoms with van der Waals surface area (Å²) in [6, 6.07) is 2.22. The number of aliphatic imine (C=N–C) groups is 1. The van der Waals surface area contributed by atoms with Crippen LogP contribution in [0.2, 0.25) is 0 Å². The molecule has 0 radical (unpaired) electrons. The third-order valence-electron chi connectivity index (χ3n) is 3.04. The van der Waals surface area contributed by atoms with Crippen LogP contribution in [0.5, 0.6) is 0 Å². The van der Waals surface area contributed by atoms with Crippen LogP contribution in [0.15, 0.2) is 16.4 Å². The summed E-state index contributed by atoms with van der Waals surface area (Å²) in [6.45, 7) is 8.64. The number of hydrogen-bond donors (Lipinski definition) is 1. The fraction of sp³-hybridized carbons (Fsp3) is 0.615. The van der Waals surface area contributed by atoms with Crippen molar-refractivity contribution in [2.24, 2.45) is 10.9 Å². The predicted octanol–water partition coefficient (Wildman–Crippen LogP) is 3.53. The van der Waals surface area contributed by atoms with Gasteiger partial charge in [0.1, 0.15) is 0 Å². The Hall–Kier alpha value is -0.480. The maximum atomic E-state index is 4.57. The zero-order valence-corrected chi connectivity index (χ0v) is 12.3. The Morgan fingerprint density at radius 2 is 2.35 bits per heavy atom. The van der Waals surface area contributed by atoms with E-state index in [1.165, 1.54) is 10.4 Å². The second kappa shape index (κ2) is 5.91. The van der Waals surface area contributed by atoms with Gasteiger partial charge >= 0.3 is 0 Å². The minimum absolute atomic E-state index is 0.659. The predicted molar refractivity (Wildman–Crippen MR) is 79.1 cm³/mol. The van der Waals surface area contributed by atoms with Gasteiger partial charge < -0.3 is 5.32 Å². The summed E-state index contributed by atoms with van der Waals surface area (Å²) >= 11 is 3.74. The number of aryl methyl sites for hydroxylation is 1. The van der Waals surface area contributed by atoms with Crippen molar-refractivity contribution in [2.45, 2.75) is 39.0 Å². The van der Waals surface area contributed by atoms with Crippen LogP contribution in [0.1, 0.15) is 31.2 Å². The van der Waals surface area contributed by atoms with E-state index in [0.29, 0.717) is 11.2 Å². The Labute approximate surface area is 112 Å². The van der Waals surface area contributed by atoms with Gasteiger partial charge in [0, 0.05) is 10.1 Å². The van der Waals surface area contributed by atoms with E-state index in [1.807, 2.05) is 23.1 Å². The molecule has 17 heavy (non-hydrogen) atoms. The number of nitrogens with zero attached hydrogens (tertiary/aromatic N) is 1. The molecule has 1 aromatic heterocycles. The molecule has 2 rings (SSSR count). The standard InChI is InChI=1S/C13H20N2S2/c1-4-10-5-6-16-12(10)8-15-13-14-7-11(17-13)9(2)3/h5-6,9,11H,4,7-8H2,1-3H3,(H,14,15). The average molecular weight is 268 g/mol. The lowest BCUT2D eigenvalue weighted by Crippen LogP contribution is -2.20. The monoisotopic (exact) mass is 268 g/mol. The van der Waals surface area contributed by atoms with Gasteiger partial charge in [0.05, 0.1) is 13.1 Å². The Morgan fingerprint density at radius 1 is 1.53 bits per heavy atom. The minimum atomic E-state index is 0.659. The molecule has 1 atom stereocenters. The van der Waals surface area contributed by atoms with E-state index >= 15 is 0 Å². The number of hydrogen-bond acceptors (Lipinski definition) is 4. The quantitative estimate of drug-likeness (QED) is 0.903. The van der Waals surface area contributed by atoms with Crippen LogP contribution in [0.4, 0.5) is 0 Å². The highest BCUT2D eigenvalue weighted by Crippen LogP contribution is 2.26. The largest absolute Gasteiger partial charge is 0.360 e. The van der Waals surface area contributed by atoms with E-state index in [0.717, 1.165) is 24.7 Å². The van der Waals surface area contributed by atoms with Gasteiger partial charge in [-0.1, -0.05) is 32.5 Å². The SMILES string of the molecule is CCc1ccsc1CNC1=NCC(C(C)C)S1. The van der Waals surface area contributed by atoms with Crippen LogP contribution in [0.25, 0.3) is 0 Å². The van der Waals surface area contributed by atoms with Gasteiger partial charge in [0.2, 0.25) is 0 Å². The van der Waals surface area contributed by atoms with Crippen molar-refractivity contribution in [1.82, 2.24) is 5.32 Å². The van der Waals surface area contributed by atoms with Gasteiger partial charge in [-0.25, -0.2) is 0 Å². The van der Waals surface area contributed by atoms with Crippen molar-refractivity contribution >= 4 is 28.3 Å². The summed E-state index contributed by atoms with van der Waals surface area (Å²) in [7, 11) is 0. The summed E-state index contributed by atoms with van der Waals surface area (Å²) in [4.78, 5) is 6.01. The van der Waals surface area contributed by atoms with E-state index in [9.17, 15) is 0 Å². The third kappa shape index (κ3) is 3.26. The maximum Gasteiger partial charge on any atom is 0.157 e. The zero-order valence-electron chi connectivity index (χ0n) is 10.7. The second-order valence-electron chi connectivity index (χ2n) is 4.62. The van der Waals surface area contributed by atoms with Crippen LogP contribution in [-0.2, 0) is 13.0 Å². The van der Waals surface area contributed by atoms with E-state index in [-0.39, 0.29) is 0 Å². The van der Waals surface area contributed by atoms with Crippen LogP contribution in [0, 0.1) is 5.92 Å². The van der Waals surface area contributed by atoms with Gasteiger partial charge in [-0.2, -0.15) is 0 Å². The highest BCUT2D eigenvalue weighted by molar-refractivity contribution is 8.14. The number of thiophene rings is 1. The maximum absolute atomic E-state index is 4.57. The average Bonchev–Trinajstić information content (AvgIpc) is 2.95. The number of amidine groups is 1. The highest BCUT2D eigenvalue weighted by Gasteiger charge is 2.22. The Balaban J connectivity index is 1.84. The first kappa shape index (κ1) is 13.0. The Kier molecular flexibility index (Phi) is 4.51. The van der Waals surface area contributed by atoms with Gasteiger partial charge in [-0.15, -0.1) is 11.3 Å². The summed E-state index contributed by atoms with van der Waals surface area (Å²) in [6.07, 6.45) is 1.12. The van der Waals surface area contributed by atoms with Gasteiger partial charge in [0.15, 0.2) is 5.17 Å². The lowest BCUT2D eigenvalue weighted by molar-refractivity contribution is 0.621. The number of rotatable bonds is 4. The molecule has 2 nitrogen and oxygen atoms in total. The normalized spacial score (nSPS) is 19.8. The first-order valence-electron chi connectivity index (χ1n) is 6.21. The lowest BCUT2D eigenvalue weighted by atomic mass is 10.1. The zero-order chi connectivity index (χ0) is 12.3. The fourth-order valence-electron chi connectivity index (χ4n) is 1.83. The molecule has 1 aliphatic heterocycles. The molecule has 0 fully saturated rings. The molecule has 0 bridgehead atoms. The molecule has 1 aliphatic rings. The summed E-state index contributed by atoms with van der Waals surface area (Å²) < 4.78 is 0. The van der Waals surface area contributed by atoms with Crippen LogP contribution in [-0.4, -0.2) is 17.0 Å². The topological polar surface area (TPSA) is 24.4 Å². The molecular formula is C13H20N2S2.